The van der Waals surface area contributed by atoms with Crippen molar-refractivity contribution in [1.82, 2.24) is 15.0 Å². The second-order valence-corrected chi connectivity index (χ2v) is 5.03. The van der Waals surface area contributed by atoms with Gasteiger partial charge in [-0.1, -0.05) is 6.07 Å². The molecule has 4 nitrogen and oxygen atoms in total. The van der Waals surface area contributed by atoms with E-state index < -0.39 is 9.52 Å². The lowest BCUT2D eigenvalue weighted by Crippen LogP contribution is -2.04. The summed E-state index contributed by atoms with van der Waals surface area (Å²) in [5.74, 6) is 3.63. The molecular weight excluding hydrogens is 210 g/mol. The summed E-state index contributed by atoms with van der Waals surface area (Å²) in [4.78, 5) is 11.6. The molecule has 0 fully saturated rings. The highest BCUT2D eigenvalue weighted by atomic mass is 32.2. The van der Waals surface area contributed by atoms with Gasteiger partial charge < -0.3 is 0 Å². The molecule has 0 aliphatic rings. The van der Waals surface area contributed by atoms with Gasteiger partial charge in [0, 0.05) is 28.1 Å². The van der Waals surface area contributed by atoms with Crippen LogP contribution in [0.1, 0.15) is 2.74 Å². The van der Waals surface area contributed by atoms with Crippen LogP contribution in [0.3, 0.4) is 0 Å². The third-order valence-electron chi connectivity index (χ3n) is 1.81. The van der Waals surface area contributed by atoms with Crippen molar-refractivity contribution in [3.63, 3.8) is 0 Å². The summed E-state index contributed by atoms with van der Waals surface area (Å²) in [6.45, 7) is 0. The lowest BCUT2D eigenvalue weighted by Gasteiger charge is -2.06. The maximum Gasteiger partial charge on any atom is 0.123 e. The first kappa shape index (κ1) is 7.53. The Morgan fingerprint density at radius 3 is 2.73 bits per heavy atom. The fourth-order valence-electron chi connectivity index (χ4n) is 1.04. The lowest BCUT2D eigenvalue weighted by atomic mass is 10.5. The molecule has 76 valence electrons. The van der Waals surface area contributed by atoms with Gasteiger partial charge >= 0.3 is 0 Å². The van der Waals surface area contributed by atoms with E-state index in [0.717, 1.165) is 0 Å². The lowest BCUT2D eigenvalue weighted by molar-refractivity contribution is 0.677. The highest BCUT2D eigenvalue weighted by Crippen LogP contribution is 2.15. The maximum absolute atomic E-state index is 12.4. The summed E-state index contributed by atoms with van der Waals surface area (Å²) in [5, 5.41) is 0.273. The van der Waals surface area contributed by atoms with Crippen LogP contribution >= 0.6 is 0 Å². The van der Waals surface area contributed by atoms with Crippen molar-refractivity contribution in [1.29, 1.82) is 0 Å². The molecule has 2 heterocycles. The predicted octanol–water partition coefficient (Wildman–Crippen LogP) is 1.01. The monoisotopic (exact) mass is 221 g/mol. The van der Waals surface area contributed by atoms with E-state index in [-0.39, 0.29) is 17.4 Å². The molecule has 1 unspecified atom stereocenters. The number of hydrogen-bond donors (Lipinski definition) is 0. The molecular formula is C10H9N3OS. The molecule has 0 spiro atoms. The van der Waals surface area contributed by atoms with E-state index in [1.165, 1.54) is 30.7 Å². The number of pyridine rings is 1. The zero-order valence-electron chi connectivity index (χ0n) is 9.75. The maximum atomic E-state index is 12.4. The van der Waals surface area contributed by atoms with Gasteiger partial charge in [0.05, 0.1) is 6.27 Å². The fourth-order valence-corrected chi connectivity index (χ4v) is 2.24. The van der Waals surface area contributed by atoms with Crippen LogP contribution in [0.25, 0.3) is 0 Å². The second-order valence-electron chi connectivity index (χ2n) is 2.79. The van der Waals surface area contributed by atoms with Crippen LogP contribution in [0.15, 0.2) is 53.0 Å². The van der Waals surface area contributed by atoms with E-state index in [0.29, 0.717) is 4.90 Å². The molecule has 0 amide bonds. The van der Waals surface area contributed by atoms with Gasteiger partial charge in [-0.15, -0.1) is 0 Å². The average molecular weight is 221 g/mol. The van der Waals surface area contributed by atoms with Crippen molar-refractivity contribution in [2.75, 3.05) is 0 Å². The molecule has 0 radical (unpaired) electrons. The smallest absolute Gasteiger partial charge is 0.123 e. The van der Waals surface area contributed by atoms with Gasteiger partial charge in [-0.05, 0) is 18.0 Å². The normalized spacial score (nSPS) is 16.3. The number of nitrogens with zero attached hydrogens (tertiary/aromatic N) is 3. The summed E-state index contributed by atoms with van der Waals surface area (Å²) in [6.07, 6.45) is 3.78. The SMILES string of the molecule is [2H]c1ccc(S(=C)(=O)c2cnc([2H])nc2)nc1. The van der Waals surface area contributed by atoms with Gasteiger partial charge in [0.1, 0.15) is 12.7 Å². The van der Waals surface area contributed by atoms with Gasteiger partial charge in [0.2, 0.25) is 0 Å². The van der Waals surface area contributed by atoms with Crippen LogP contribution in [-0.2, 0) is 9.52 Å². The first-order valence-electron chi connectivity index (χ1n) is 5.09. The van der Waals surface area contributed by atoms with E-state index in [1.807, 2.05) is 0 Å². The van der Waals surface area contributed by atoms with Gasteiger partial charge in [0.25, 0.3) is 0 Å². The molecule has 0 aromatic carbocycles. The van der Waals surface area contributed by atoms with E-state index >= 15 is 0 Å². The molecule has 0 bridgehead atoms. The predicted molar refractivity (Wildman–Crippen MR) is 58.1 cm³/mol. The summed E-state index contributed by atoms with van der Waals surface area (Å²) in [6, 6.07) is 3.22. The minimum absolute atomic E-state index is 0.140. The highest BCUT2D eigenvalue weighted by molar-refractivity contribution is 8.00. The van der Waals surface area contributed by atoms with Crippen LogP contribution in [0.5, 0.6) is 0 Å². The molecule has 2 rings (SSSR count). The van der Waals surface area contributed by atoms with E-state index in [1.54, 1.807) is 0 Å². The zero-order chi connectivity index (χ0) is 12.5. The van der Waals surface area contributed by atoms with Crippen LogP contribution < -0.4 is 0 Å². The molecule has 5 heteroatoms. The topological polar surface area (TPSA) is 55.7 Å². The highest BCUT2D eigenvalue weighted by Gasteiger charge is 2.11. The Labute approximate surface area is 90.9 Å². The third-order valence-corrected chi connectivity index (χ3v) is 3.70. The van der Waals surface area contributed by atoms with Gasteiger partial charge in [-0.3, -0.25) is 4.21 Å². The van der Waals surface area contributed by atoms with Crippen molar-refractivity contribution >= 4 is 15.4 Å². The first-order valence-corrected chi connectivity index (χ1v) is 5.81. The Balaban J connectivity index is 2.50. The van der Waals surface area contributed by atoms with Crippen LogP contribution in [0.2, 0.25) is 0 Å². The molecule has 0 aliphatic carbocycles. The second kappa shape index (κ2) is 3.78. The van der Waals surface area contributed by atoms with Crippen molar-refractivity contribution in [2.24, 2.45) is 0 Å². The average Bonchev–Trinajstić information content (AvgIpc) is 2.30. The minimum Gasteiger partial charge on any atom is -0.257 e. The molecule has 1 atom stereocenters. The number of rotatable bonds is 2. The summed E-state index contributed by atoms with van der Waals surface area (Å²) in [5.41, 5.74) is 0. The largest absolute Gasteiger partial charge is 0.257 e. The number of aromatic nitrogens is 3. The molecule has 0 saturated heterocycles. The van der Waals surface area contributed by atoms with Crippen LogP contribution in [0.4, 0.5) is 0 Å². The molecule has 15 heavy (non-hydrogen) atoms. The van der Waals surface area contributed by atoms with Crippen molar-refractivity contribution in [3.8, 4) is 0 Å². The van der Waals surface area contributed by atoms with Crippen LogP contribution in [0, 0.1) is 0 Å². The van der Waals surface area contributed by atoms with E-state index in [2.05, 4.69) is 20.8 Å². The fraction of sp³-hybridized carbons (Fsp3) is 0. The first-order chi connectivity index (χ1) is 8.00. The quantitative estimate of drug-likeness (QED) is 0.710. The Morgan fingerprint density at radius 2 is 2.13 bits per heavy atom. The van der Waals surface area contributed by atoms with Gasteiger partial charge in [-0.2, -0.15) is 0 Å². The molecule has 0 N–H and O–H groups in total. The number of hydrogen-bond acceptors (Lipinski definition) is 4. The Morgan fingerprint density at radius 1 is 1.40 bits per heavy atom. The van der Waals surface area contributed by atoms with Gasteiger partial charge in [-0.25, -0.2) is 15.0 Å². The third kappa shape index (κ3) is 1.87. The Hall–Kier alpha value is -1.75. The minimum atomic E-state index is -2.78. The Kier molecular flexibility index (Phi) is 1.90. The van der Waals surface area contributed by atoms with Crippen molar-refractivity contribution < 1.29 is 6.95 Å². The summed E-state index contributed by atoms with van der Waals surface area (Å²) in [7, 11) is -2.78. The molecule has 0 saturated carbocycles. The Bertz CT molecular complexity index is 572. The van der Waals surface area contributed by atoms with Crippen molar-refractivity contribution in [3.05, 3.63) is 43.1 Å². The van der Waals surface area contributed by atoms with Crippen LogP contribution in [-0.4, -0.2) is 25.0 Å². The molecule has 2 aromatic heterocycles. The summed E-state index contributed by atoms with van der Waals surface area (Å²) >= 11 is 0. The summed E-state index contributed by atoms with van der Waals surface area (Å²) < 4.78 is 26.9. The van der Waals surface area contributed by atoms with Crippen molar-refractivity contribution in [2.45, 2.75) is 9.92 Å². The molecule has 2 aromatic rings. The van der Waals surface area contributed by atoms with E-state index in [9.17, 15) is 4.21 Å². The zero-order valence-corrected chi connectivity index (χ0v) is 8.57. The standard InChI is InChI=1S/C10H9N3OS/c1-15(14,9-6-11-8-12-7-9)10-4-2-3-5-13-10/h2-8H,1H2/i3D,8D. The van der Waals surface area contributed by atoms with E-state index in [4.69, 9.17) is 2.74 Å². The molecule has 0 aliphatic heterocycles. The van der Waals surface area contributed by atoms with Gasteiger partial charge in [0.15, 0.2) is 0 Å².